The summed E-state index contributed by atoms with van der Waals surface area (Å²) in [6.45, 7) is 0. The molecule has 5 aromatic carbocycles. The van der Waals surface area contributed by atoms with Crippen LogP contribution in [0.1, 0.15) is 17.0 Å². The second-order valence-corrected chi connectivity index (χ2v) is 11.0. The van der Waals surface area contributed by atoms with E-state index in [0.29, 0.717) is 17.2 Å². The van der Waals surface area contributed by atoms with Crippen LogP contribution in [0.5, 0.6) is 11.5 Å². The fourth-order valence-corrected chi connectivity index (χ4v) is 7.12. The van der Waals surface area contributed by atoms with Crippen LogP contribution in [0, 0.1) is 17.8 Å². The van der Waals surface area contributed by atoms with Gasteiger partial charge in [-0.05, 0) is 51.6 Å². The largest absolute Gasteiger partial charge is 0.497 e. The zero-order valence-corrected chi connectivity index (χ0v) is 22.7. The lowest BCUT2D eigenvalue weighted by atomic mass is 9.64. The molecule has 3 aliphatic rings. The number of benzene rings is 5. The summed E-state index contributed by atoms with van der Waals surface area (Å²) in [5.74, 6) is -3.07. The predicted octanol–water partition coefficient (Wildman–Crippen LogP) is 6.52. The van der Waals surface area contributed by atoms with Gasteiger partial charge < -0.3 is 9.47 Å². The van der Waals surface area contributed by atoms with Crippen LogP contribution in [-0.2, 0) is 14.4 Å². The first-order valence-corrected chi connectivity index (χ1v) is 14.0. The molecule has 6 heteroatoms. The van der Waals surface area contributed by atoms with Gasteiger partial charge in [-0.25, -0.2) is 4.90 Å². The number of carbonyl (C=O) groups is 3. The molecular formula is C36H25NO5. The molecule has 8 rings (SSSR count). The third-order valence-electron chi connectivity index (χ3n) is 8.99. The minimum atomic E-state index is -0.914. The maximum absolute atomic E-state index is 14.5. The van der Waals surface area contributed by atoms with E-state index in [1.165, 1.54) is 4.90 Å². The number of amides is 2. The Balaban J connectivity index is 1.36. The summed E-state index contributed by atoms with van der Waals surface area (Å²) in [4.78, 5) is 44.0. The second kappa shape index (κ2) is 9.14. The molecule has 1 fully saturated rings. The molecule has 4 atom stereocenters. The molecule has 0 spiro atoms. The van der Waals surface area contributed by atoms with E-state index in [9.17, 15) is 14.4 Å². The van der Waals surface area contributed by atoms with E-state index in [1.807, 2.05) is 103 Å². The van der Waals surface area contributed by atoms with Crippen LogP contribution in [0.2, 0.25) is 0 Å². The van der Waals surface area contributed by atoms with Crippen molar-refractivity contribution in [2.75, 3.05) is 12.0 Å². The molecule has 0 N–H and O–H groups in total. The van der Waals surface area contributed by atoms with E-state index < -0.39 is 29.6 Å². The smallest absolute Gasteiger partial charge is 0.319 e. The first kappa shape index (κ1) is 24.6. The van der Waals surface area contributed by atoms with Gasteiger partial charge in [-0.15, -0.1) is 0 Å². The molecule has 0 bridgehead atoms. The van der Waals surface area contributed by atoms with Crippen molar-refractivity contribution in [3.8, 4) is 11.5 Å². The van der Waals surface area contributed by atoms with Crippen LogP contribution in [0.25, 0.3) is 27.1 Å². The second-order valence-electron chi connectivity index (χ2n) is 11.0. The van der Waals surface area contributed by atoms with Gasteiger partial charge in [0.15, 0.2) is 0 Å². The topological polar surface area (TPSA) is 72.9 Å². The Morgan fingerprint density at radius 2 is 1.36 bits per heavy atom. The van der Waals surface area contributed by atoms with Crippen molar-refractivity contribution < 1.29 is 23.9 Å². The third-order valence-corrected chi connectivity index (χ3v) is 8.99. The Bertz CT molecular complexity index is 1990. The van der Waals surface area contributed by atoms with Gasteiger partial charge in [-0.1, -0.05) is 84.9 Å². The fraction of sp³-hybridized carbons (Fsp3) is 0.139. The number of anilines is 1. The highest BCUT2D eigenvalue weighted by Crippen LogP contribution is 2.56. The van der Waals surface area contributed by atoms with Crippen molar-refractivity contribution in [1.29, 1.82) is 0 Å². The Hall–Kier alpha value is -5.23. The molecule has 6 nitrogen and oxygen atoms in total. The third kappa shape index (κ3) is 3.41. The molecule has 0 unspecified atom stereocenters. The Morgan fingerprint density at radius 3 is 2.12 bits per heavy atom. The molecule has 1 aliphatic carbocycles. The summed E-state index contributed by atoms with van der Waals surface area (Å²) >= 11 is 0. The average Bonchev–Trinajstić information content (AvgIpc) is 3.29. The van der Waals surface area contributed by atoms with Gasteiger partial charge in [0.2, 0.25) is 11.8 Å². The molecule has 1 saturated heterocycles. The van der Waals surface area contributed by atoms with Crippen molar-refractivity contribution in [3.63, 3.8) is 0 Å². The summed E-state index contributed by atoms with van der Waals surface area (Å²) in [5, 5.41) is 3.67. The van der Waals surface area contributed by atoms with Crippen LogP contribution in [0.4, 0.5) is 5.69 Å². The first-order valence-electron chi connectivity index (χ1n) is 14.0. The van der Waals surface area contributed by atoms with Gasteiger partial charge >= 0.3 is 5.97 Å². The van der Waals surface area contributed by atoms with Gasteiger partial charge in [0.25, 0.3) is 0 Å². The summed E-state index contributed by atoms with van der Waals surface area (Å²) in [6, 6.07) is 32.6. The van der Waals surface area contributed by atoms with Gasteiger partial charge in [-0.3, -0.25) is 14.4 Å². The maximum atomic E-state index is 14.5. The van der Waals surface area contributed by atoms with Gasteiger partial charge in [0.1, 0.15) is 11.5 Å². The summed E-state index contributed by atoms with van der Waals surface area (Å²) in [7, 11) is 1.61. The highest BCUT2D eigenvalue weighted by atomic mass is 16.5. The Kier molecular flexibility index (Phi) is 5.35. The molecule has 0 radical (unpaired) electrons. The lowest BCUT2D eigenvalue weighted by molar-refractivity contribution is -0.142. The minimum Gasteiger partial charge on any atom is -0.497 e. The quantitative estimate of drug-likeness (QED) is 0.145. The van der Waals surface area contributed by atoms with Gasteiger partial charge in [-0.2, -0.15) is 0 Å². The number of carbonyl (C=O) groups excluding carboxylic acids is 3. The SMILES string of the molecule is COc1ccc([C@@H]2C=C3c4c(ccc5ccccc45)OC(=O)[C@@H]3[C@@H]3C(=O)N(c4cccc5ccccc45)C(=O)[C@H]32)cc1. The Labute approximate surface area is 241 Å². The van der Waals surface area contributed by atoms with Gasteiger partial charge in [0.05, 0.1) is 30.6 Å². The van der Waals surface area contributed by atoms with Crippen molar-refractivity contribution in [2.45, 2.75) is 5.92 Å². The normalized spacial score (nSPS) is 22.8. The number of imide groups is 1. The van der Waals surface area contributed by atoms with E-state index in [1.54, 1.807) is 13.2 Å². The van der Waals surface area contributed by atoms with Gasteiger partial charge in [0, 0.05) is 16.9 Å². The Morgan fingerprint density at radius 1 is 0.690 bits per heavy atom. The number of methoxy groups -OCH3 is 1. The van der Waals surface area contributed by atoms with Crippen LogP contribution in [-0.4, -0.2) is 24.9 Å². The number of ether oxygens (including phenoxy) is 2. The molecule has 204 valence electrons. The number of hydrogen-bond acceptors (Lipinski definition) is 5. The molecule has 0 aromatic heterocycles. The molecule has 5 aromatic rings. The van der Waals surface area contributed by atoms with Crippen molar-refractivity contribution >= 4 is 50.6 Å². The molecule has 42 heavy (non-hydrogen) atoms. The van der Waals surface area contributed by atoms with Crippen LogP contribution in [0.3, 0.4) is 0 Å². The van der Waals surface area contributed by atoms with E-state index >= 15 is 0 Å². The molecule has 2 aliphatic heterocycles. The van der Waals surface area contributed by atoms with Crippen LogP contribution in [0.15, 0.2) is 109 Å². The molecule has 0 saturated carbocycles. The monoisotopic (exact) mass is 551 g/mol. The number of allylic oxidation sites excluding steroid dienone is 1. The average molecular weight is 552 g/mol. The van der Waals surface area contributed by atoms with E-state index in [4.69, 9.17) is 9.47 Å². The number of fused-ring (bicyclic) bond motifs is 8. The van der Waals surface area contributed by atoms with Crippen LogP contribution >= 0.6 is 0 Å². The van der Waals surface area contributed by atoms with E-state index in [0.717, 1.165) is 38.2 Å². The van der Waals surface area contributed by atoms with Crippen molar-refractivity contribution in [2.24, 2.45) is 17.8 Å². The van der Waals surface area contributed by atoms with Crippen molar-refractivity contribution in [1.82, 2.24) is 0 Å². The first-order chi connectivity index (χ1) is 20.5. The van der Waals surface area contributed by atoms with E-state index in [-0.39, 0.29) is 11.8 Å². The lowest BCUT2D eigenvalue weighted by Gasteiger charge is -2.38. The molecule has 2 amide bonds. The molecular weight excluding hydrogens is 526 g/mol. The fourth-order valence-electron chi connectivity index (χ4n) is 7.12. The zero-order chi connectivity index (χ0) is 28.5. The van der Waals surface area contributed by atoms with E-state index in [2.05, 4.69) is 0 Å². The predicted molar refractivity (Wildman–Crippen MR) is 160 cm³/mol. The number of nitrogens with zero attached hydrogens (tertiary/aromatic N) is 1. The highest BCUT2D eigenvalue weighted by molar-refractivity contribution is 6.27. The van der Waals surface area contributed by atoms with Crippen molar-refractivity contribution in [3.05, 3.63) is 120 Å². The standard InChI is InChI=1S/C36H25NO5/c1-41-23-16-13-22(14-17-23)26-19-27-30-25-11-5-3-8-21(25)15-18-29(30)42-36(40)32(27)33-31(26)34(38)37(35(33)39)28-12-6-9-20-7-2-4-10-24(20)28/h2-19,26,31-33H,1H3/t26-,31-,32-,33+/m0/s1. The number of esters is 1. The lowest BCUT2D eigenvalue weighted by Crippen LogP contribution is -2.42. The number of rotatable bonds is 3. The number of hydrogen-bond donors (Lipinski definition) is 0. The maximum Gasteiger partial charge on any atom is 0.319 e. The zero-order valence-electron chi connectivity index (χ0n) is 22.7. The molecule has 2 heterocycles. The summed E-state index contributed by atoms with van der Waals surface area (Å²) in [6.07, 6.45) is 2.02. The van der Waals surface area contributed by atoms with Crippen LogP contribution < -0.4 is 14.4 Å². The summed E-state index contributed by atoms with van der Waals surface area (Å²) in [5.41, 5.74) is 2.94. The minimum absolute atomic E-state index is 0.311. The summed E-state index contributed by atoms with van der Waals surface area (Å²) < 4.78 is 11.3. The highest BCUT2D eigenvalue weighted by Gasteiger charge is 2.60.